The van der Waals surface area contributed by atoms with Crippen molar-refractivity contribution in [3.8, 4) is 0 Å². The molecule has 1 aromatic rings. The Hall–Kier alpha value is -0.480. The molecule has 86 valence electrons. The highest BCUT2D eigenvalue weighted by molar-refractivity contribution is 9.10. The Kier molecular flexibility index (Phi) is 3.92. The first-order valence-electron chi connectivity index (χ1n) is 5.46. The fraction of sp³-hybridized carbons (Fsp3) is 0.417. The van der Waals surface area contributed by atoms with Crippen molar-refractivity contribution >= 4 is 34.5 Å². The van der Waals surface area contributed by atoms with Gasteiger partial charge >= 0.3 is 0 Å². The van der Waals surface area contributed by atoms with E-state index in [0.29, 0.717) is 11.6 Å². The maximum Gasteiger partial charge on any atom is 0.252 e. The second-order valence-corrected chi connectivity index (χ2v) is 5.49. The van der Waals surface area contributed by atoms with Gasteiger partial charge in [-0.2, -0.15) is 0 Å². The molecule has 1 aliphatic carbocycles. The van der Waals surface area contributed by atoms with Crippen molar-refractivity contribution in [2.75, 3.05) is 0 Å². The van der Waals surface area contributed by atoms with E-state index in [1.807, 2.05) is 12.1 Å². The molecule has 1 aliphatic rings. The maximum absolute atomic E-state index is 12.0. The lowest BCUT2D eigenvalue weighted by molar-refractivity contribution is 0.0937. The normalized spacial score (nSPS) is 16.4. The number of thiol groups is 1. The molecule has 0 saturated heterocycles. The molecule has 0 radical (unpaired) electrons. The van der Waals surface area contributed by atoms with Crippen LogP contribution in [0.15, 0.2) is 27.6 Å². The summed E-state index contributed by atoms with van der Waals surface area (Å²) in [7, 11) is 0. The van der Waals surface area contributed by atoms with Gasteiger partial charge < -0.3 is 5.32 Å². The molecule has 0 aliphatic heterocycles. The molecule has 0 aromatic heterocycles. The van der Waals surface area contributed by atoms with E-state index in [4.69, 9.17) is 0 Å². The summed E-state index contributed by atoms with van der Waals surface area (Å²) in [5.74, 6) is -0.00493. The van der Waals surface area contributed by atoms with Crippen LogP contribution in [0.2, 0.25) is 0 Å². The van der Waals surface area contributed by atoms with Crippen molar-refractivity contribution in [2.24, 2.45) is 0 Å². The van der Waals surface area contributed by atoms with Crippen LogP contribution in [-0.4, -0.2) is 11.9 Å². The van der Waals surface area contributed by atoms with Gasteiger partial charge in [0.2, 0.25) is 0 Å². The number of rotatable bonds is 2. The quantitative estimate of drug-likeness (QED) is 0.805. The van der Waals surface area contributed by atoms with Crippen molar-refractivity contribution in [1.82, 2.24) is 5.32 Å². The summed E-state index contributed by atoms with van der Waals surface area (Å²) in [6.07, 6.45) is 4.64. The van der Waals surface area contributed by atoms with Crippen molar-refractivity contribution in [3.63, 3.8) is 0 Å². The minimum absolute atomic E-state index is 0.00493. The Morgan fingerprint density at radius 1 is 1.38 bits per heavy atom. The van der Waals surface area contributed by atoms with E-state index >= 15 is 0 Å². The van der Waals surface area contributed by atoms with Crippen LogP contribution in [0, 0.1) is 0 Å². The molecule has 2 nitrogen and oxygen atoms in total. The van der Waals surface area contributed by atoms with Gasteiger partial charge in [0.25, 0.3) is 5.91 Å². The molecule has 0 spiro atoms. The number of nitrogens with one attached hydrogen (secondary N) is 1. The van der Waals surface area contributed by atoms with Crippen LogP contribution < -0.4 is 5.32 Å². The maximum atomic E-state index is 12.0. The summed E-state index contributed by atoms with van der Waals surface area (Å²) in [5, 5.41) is 3.06. The minimum atomic E-state index is -0.00493. The minimum Gasteiger partial charge on any atom is -0.349 e. The summed E-state index contributed by atoms with van der Waals surface area (Å²) in [5.41, 5.74) is 0.666. The lowest BCUT2D eigenvalue weighted by atomic mass is 10.2. The van der Waals surface area contributed by atoms with E-state index in [-0.39, 0.29) is 5.91 Å². The van der Waals surface area contributed by atoms with E-state index in [1.54, 1.807) is 6.07 Å². The van der Waals surface area contributed by atoms with E-state index in [9.17, 15) is 4.79 Å². The SMILES string of the molecule is O=C(NC1CCCC1)c1cc(S)ccc1Br. The fourth-order valence-corrected chi connectivity index (χ4v) is 2.65. The molecule has 0 bridgehead atoms. The van der Waals surface area contributed by atoms with E-state index in [2.05, 4.69) is 33.9 Å². The molecule has 0 unspecified atom stereocenters. The Bertz CT molecular complexity index is 402. The van der Waals surface area contributed by atoms with Crippen molar-refractivity contribution in [1.29, 1.82) is 0 Å². The zero-order chi connectivity index (χ0) is 11.5. The first-order chi connectivity index (χ1) is 7.66. The topological polar surface area (TPSA) is 29.1 Å². The molecule has 1 saturated carbocycles. The molecule has 1 N–H and O–H groups in total. The predicted octanol–water partition coefficient (Wildman–Crippen LogP) is 3.41. The second kappa shape index (κ2) is 5.23. The number of carbonyl (C=O) groups excluding carboxylic acids is 1. The van der Waals surface area contributed by atoms with Crippen LogP contribution >= 0.6 is 28.6 Å². The van der Waals surface area contributed by atoms with Gasteiger partial charge in [-0.1, -0.05) is 12.8 Å². The first kappa shape index (κ1) is 12.0. The van der Waals surface area contributed by atoms with Crippen LogP contribution in [0.1, 0.15) is 36.0 Å². The highest BCUT2D eigenvalue weighted by Crippen LogP contribution is 2.22. The molecule has 1 aromatic carbocycles. The van der Waals surface area contributed by atoms with Crippen LogP contribution in [-0.2, 0) is 0 Å². The third-order valence-electron chi connectivity index (χ3n) is 2.88. The standard InChI is InChI=1S/C12H14BrNOS/c13-11-6-5-9(16)7-10(11)12(15)14-8-3-1-2-4-8/h5-8,16H,1-4H2,(H,14,15). The third kappa shape index (κ3) is 2.80. The fourth-order valence-electron chi connectivity index (χ4n) is 2.02. The molecule has 0 heterocycles. The first-order valence-corrected chi connectivity index (χ1v) is 6.70. The monoisotopic (exact) mass is 299 g/mol. The van der Waals surface area contributed by atoms with Crippen molar-refractivity contribution in [3.05, 3.63) is 28.2 Å². The van der Waals surface area contributed by atoms with Gasteiger partial charge in [0.15, 0.2) is 0 Å². The molecule has 1 amide bonds. The summed E-state index contributed by atoms with van der Waals surface area (Å²) >= 11 is 7.63. The van der Waals surface area contributed by atoms with Crippen LogP contribution in [0.25, 0.3) is 0 Å². The average molecular weight is 300 g/mol. The molecular formula is C12H14BrNOS. The molecule has 1 fully saturated rings. The number of amides is 1. The molecule has 16 heavy (non-hydrogen) atoms. The molecule has 4 heteroatoms. The summed E-state index contributed by atoms with van der Waals surface area (Å²) in [6, 6.07) is 5.85. The van der Waals surface area contributed by atoms with Crippen molar-refractivity contribution in [2.45, 2.75) is 36.6 Å². The van der Waals surface area contributed by atoms with Gasteiger partial charge in [0, 0.05) is 15.4 Å². The second-order valence-electron chi connectivity index (χ2n) is 4.12. The van der Waals surface area contributed by atoms with E-state index < -0.39 is 0 Å². The number of halogens is 1. The lowest BCUT2D eigenvalue weighted by Crippen LogP contribution is -2.32. The number of hydrogen-bond acceptors (Lipinski definition) is 2. The number of carbonyl (C=O) groups is 1. The zero-order valence-corrected chi connectivity index (χ0v) is 11.4. The van der Waals surface area contributed by atoms with Gasteiger partial charge in [-0.05, 0) is 47.0 Å². The van der Waals surface area contributed by atoms with E-state index in [0.717, 1.165) is 22.2 Å². The van der Waals surface area contributed by atoms with Crippen LogP contribution in [0.5, 0.6) is 0 Å². The molecular weight excluding hydrogens is 286 g/mol. The van der Waals surface area contributed by atoms with Gasteiger partial charge in [-0.25, -0.2) is 0 Å². The predicted molar refractivity (Wildman–Crippen MR) is 71.1 cm³/mol. The highest BCUT2D eigenvalue weighted by Gasteiger charge is 2.19. The molecule has 0 atom stereocenters. The van der Waals surface area contributed by atoms with Gasteiger partial charge in [0.1, 0.15) is 0 Å². The Morgan fingerprint density at radius 3 is 2.75 bits per heavy atom. The number of benzene rings is 1. The van der Waals surface area contributed by atoms with Gasteiger partial charge in [-0.3, -0.25) is 4.79 Å². The smallest absolute Gasteiger partial charge is 0.252 e. The Morgan fingerprint density at radius 2 is 2.06 bits per heavy atom. The third-order valence-corrected chi connectivity index (χ3v) is 3.85. The Balaban J connectivity index is 2.10. The van der Waals surface area contributed by atoms with E-state index in [1.165, 1.54) is 12.8 Å². The summed E-state index contributed by atoms with van der Waals surface area (Å²) < 4.78 is 0.820. The van der Waals surface area contributed by atoms with Crippen molar-refractivity contribution < 1.29 is 4.79 Å². The number of hydrogen-bond donors (Lipinski definition) is 2. The lowest BCUT2D eigenvalue weighted by Gasteiger charge is -2.13. The average Bonchev–Trinajstić information content (AvgIpc) is 2.74. The van der Waals surface area contributed by atoms with Crippen LogP contribution in [0.4, 0.5) is 0 Å². The van der Waals surface area contributed by atoms with Gasteiger partial charge in [0.05, 0.1) is 5.56 Å². The molecule has 2 rings (SSSR count). The highest BCUT2D eigenvalue weighted by atomic mass is 79.9. The largest absolute Gasteiger partial charge is 0.349 e. The van der Waals surface area contributed by atoms with Gasteiger partial charge in [-0.15, -0.1) is 12.6 Å². The van der Waals surface area contributed by atoms with Crippen LogP contribution in [0.3, 0.4) is 0 Å². The summed E-state index contributed by atoms with van der Waals surface area (Å²) in [6.45, 7) is 0. The Labute approximate surface area is 109 Å². The summed E-state index contributed by atoms with van der Waals surface area (Å²) in [4.78, 5) is 12.8. The zero-order valence-electron chi connectivity index (χ0n) is 8.87.